The van der Waals surface area contributed by atoms with E-state index in [2.05, 4.69) is 9.46 Å². The van der Waals surface area contributed by atoms with Crippen LogP contribution in [0.25, 0.3) is 10.4 Å². The summed E-state index contributed by atoms with van der Waals surface area (Å²) in [5.74, 6) is -2.08. The molecule has 178 valence electrons. The van der Waals surface area contributed by atoms with E-state index in [1.54, 1.807) is 42.5 Å². The quantitative estimate of drug-likeness (QED) is 0.404. The molecule has 0 aliphatic heterocycles. The molecular weight excluding hydrogens is 498 g/mol. The van der Waals surface area contributed by atoms with Crippen molar-refractivity contribution in [3.05, 3.63) is 76.8 Å². The Balaban J connectivity index is 1.54. The number of hydrogen-bond donors (Lipinski definition) is 2. The van der Waals surface area contributed by atoms with E-state index in [0.29, 0.717) is 17.0 Å². The summed E-state index contributed by atoms with van der Waals surface area (Å²) in [6, 6.07) is 17.4. The highest BCUT2D eigenvalue weighted by Gasteiger charge is 2.63. The van der Waals surface area contributed by atoms with Crippen LogP contribution in [0.5, 0.6) is 0 Å². The molecule has 1 aromatic heterocycles. The molecule has 0 saturated heterocycles. The fourth-order valence-corrected chi connectivity index (χ4v) is 6.74. The first-order valence-electron chi connectivity index (χ1n) is 10.4. The Hall–Kier alpha value is -2.72. The maximum absolute atomic E-state index is 13.1. The Bertz CT molecular complexity index is 1340. The van der Waals surface area contributed by atoms with Crippen molar-refractivity contribution in [2.45, 2.75) is 34.9 Å². The number of halogens is 1. The molecule has 10 heteroatoms. The van der Waals surface area contributed by atoms with Gasteiger partial charge in [-0.3, -0.25) is 9.59 Å². The van der Waals surface area contributed by atoms with Crippen LogP contribution in [0.2, 0.25) is 5.02 Å². The van der Waals surface area contributed by atoms with Crippen molar-refractivity contribution in [3.8, 4) is 10.4 Å². The van der Waals surface area contributed by atoms with E-state index in [0.717, 1.165) is 27.3 Å². The van der Waals surface area contributed by atoms with Crippen molar-refractivity contribution < 1.29 is 27.9 Å². The zero-order chi connectivity index (χ0) is 24.5. The molecule has 34 heavy (non-hydrogen) atoms. The summed E-state index contributed by atoms with van der Waals surface area (Å²) in [4.78, 5) is 24.3. The summed E-state index contributed by atoms with van der Waals surface area (Å²) < 4.78 is 33.4. The second-order valence-electron chi connectivity index (χ2n) is 8.09. The van der Waals surface area contributed by atoms with Gasteiger partial charge < -0.3 is 9.84 Å². The SMILES string of the molecule is COC(=O)CCc1cccc([C@@H]2C[C@]2(NS(=O)(=O)c2ccc(-c3ccc(Cl)cc3)s2)C(=O)O)c1. The number of aryl methyl sites for hydroxylation is 1. The Labute approximate surface area is 206 Å². The van der Waals surface area contributed by atoms with Crippen molar-refractivity contribution in [3.63, 3.8) is 0 Å². The third-order valence-corrected chi connectivity index (χ3v) is 9.22. The lowest BCUT2D eigenvalue weighted by atomic mass is 10.0. The topological polar surface area (TPSA) is 110 Å². The van der Waals surface area contributed by atoms with Crippen LogP contribution in [0, 0.1) is 0 Å². The van der Waals surface area contributed by atoms with Crippen LogP contribution in [0.1, 0.15) is 29.9 Å². The molecule has 7 nitrogen and oxygen atoms in total. The van der Waals surface area contributed by atoms with Crippen molar-refractivity contribution in [1.29, 1.82) is 0 Å². The van der Waals surface area contributed by atoms with Gasteiger partial charge in [-0.25, -0.2) is 8.42 Å². The van der Waals surface area contributed by atoms with Gasteiger partial charge in [0, 0.05) is 22.2 Å². The maximum Gasteiger partial charge on any atom is 0.325 e. The number of carboxylic acids is 1. The molecular formula is C24H22ClNO6S2. The van der Waals surface area contributed by atoms with Crippen LogP contribution in [-0.2, 0) is 30.8 Å². The smallest absolute Gasteiger partial charge is 0.325 e. The molecule has 0 amide bonds. The summed E-state index contributed by atoms with van der Waals surface area (Å²) in [7, 11) is -2.75. The van der Waals surface area contributed by atoms with Gasteiger partial charge in [0.25, 0.3) is 10.0 Å². The summed E-state index contributed by atoms with van der Waals surface area (Å²) in [5, 5.41) is 10.5. The minimum atomic E-state index is -4.07. The van der Waals surface area contributed by atoms with Crippen molar-refractivity contribution in [1.82, 2.24) is 4.72 Å². The fraction of sp³-hybridized carbons (Fsp3) is 0.250. The van der Waals surface area contributed by atoms with Crippen molar-refractivity contribution in [2.75, 3.05) is 7.11 Å². The number of nitrogens with one attached hydrogen (secondary N) is 1. The third kappa shape index (κ3) is 5.02. The van der Waals surface area contributed by atoms with Crippen LogP contribution in [0.3, 0.4) is 0 Å². The molecule has 0 bridgehead atoms. The maximum atomic E-state index is 13.1. The normalized spacial score (nSPS) is 19.5. The molecule has 1 aliphatic rings. The molecule has 1 saturated carbocycles. The number of esters is 1. The number of methoxy groups -OCH3 is 1. The predicted molar refractivity (Wildman–Crippen MR) is 130 cm³/mol. The minimum Gasteiger partial charge on any atom is -0.480 e. The molecule has 4 rings (SSSR count). The van der Waals surface area contributed by atoms with Crippen LogP contribution in [0.15, 0.2) is 64.9 Å². The molecule has 0 spiro atoms. The second-order valence-corrected chi connectivity index (χ2v) is 11.5. The molecule has 1 heterocycles. The predicted octanol–water partition coefficient (Wildman–Crippen LogP) is 4.46. The van der Waals surface area contributed by atoms with E-state index in [1.807, 2.05) is 12.1 Å². The van der Waals surface area contributed by atoms with Gasteiger partial charge in [0.05, 0.1) is 7.11 Å². The number of sulfonamides is 1. The van der Waals surface area contributed by atoms with Crippen molar-refractivity contribution >= 4 is 44.9 Å². The Morgan fingerprint density at radius 1 is 1.18 bits per heavy atom. The lowest BCUT2D eigenvalue weighted by Gasteiger charge is -2.15. The summed E-state index contributed by atoms with van der Waals surface area (Å²) in [6.45, 7) is 0. The highest BCUT2D eigenvalue weighted by Crippen LogP contribution is 2.52. The summed E-state index contributed by atoms with van der Waals surface area (Å²) in [5.41, 5.74) is 0.754. The average Bonchev–Trinajstić information content (AvgIpc) is 3.31. The van der Waals surface area contributed by atoms with Gasteiger partial charge in [0.1, 0.15) is 9.75 Å². The highest BCUT2D eigenvalue weighted by atomic mass is 35.5. The van der Waals surface area contributed by atoms with Gasteiger partial charge in [-0.15, -0.1) is 11.3 Å². The van der Waals surface area contributed by atoms with E-state index in [4.69, 9.17) is 11.6 Å². The van der Waals surface area contributed by atoms with E-state index >= 15 is 0 Å². The Morgan fingerprint density at radius 3 is 2.59 bits per heavy atom. The van der Waals surface area contributed by atoms with Gasteiger partial charge in [-0.2, -0.15) is 4.72 Å². The standard InChI is InChI=1S/C24H22ClNO6S2/c1-32-21(27)11-5-15-3-2-4-17(13-15)19-14-24(19,23(28)29)26-34(30,31)22-12-10-20(33-22)16-6-8-18(25)9-7-16/h2-4,6-10,12-13,19,26H,5,11,14H2,1H3,(H,28,29)/t19-,24+/m0/s1. The van der Waals surface area contributed by atoms with Gasteiger partial charge in [-0.1, -0.05) is 48.0 Å². The Kier molecular flexibility index (Phi) is 6.82. The summed E-state index contributed by atoms with van der Waals surface area (Å²) >= 11 is 6.98. The lowest BCUT2D eigenvalue weighted by Crippen LogP contribution is -2.44. The number of aliphatic carboxylic acids is 1. The number of ether oxygens (including phenoxy) is 1. The number of benzene rings is 2. The molecule has 1 aliphatic carbocycles. The summed E-state index contributed by atoms with van der Waals surface area (Å²) in [6.07, 6.45) is 0.786. The van der Waals surface area contributed by atoms with E-state index in [9.17, 15) is 23.1 Å². The first kappa shape index (κ1) is 24.4. The molecule has 2 N–H and O–H groups in total. The molecule has 0 radical (unpaired) electrons. The molecule has 2 atom stereocenters. The van der Waals surface area contributed by atoms with Gasteiger partial charge in [0.2, 0.25) is 0 Å². The van der Waals surface area contributed by atoms with Gasteiger partial charge in [-0.05, 0) is 53.8 Å². The highest BCUT2D eigenvalue weighted by molar-refractivity contribution is 7.91. The minimum absolute atomic E-state index is 0.0375. The molecule has 3 aromatic rings. The number of carbonyl (C=O) groups is 2. The number of carboxylic acid groups (broad SMARTS) is 1. The molecule has 1 fully saturated rings. The lowest BCUT2D eigenvalue weighted by molar-refractivity contribution is -0.141. The van der Waals surface area contributed by atoms with Crippen molar-refractivity contribution in [2.24, 2.45) is 0 Å². The fourth-order valence-electron chi connectivity index (χ4n) is 3.90. The van der Waals surface area contributed by atoms with E-state index in [-0.39, 0.29) is 23.0 Å². The number of thiophene rings is 1. The van der Waals surface area contributed by atoms with Gasteiger partial charge >= 0.3 is 11.9 Å². The zero-order valence-corrected chi connectivity index (χ0v) is 20.5. The molecule has 0 unspecified atom stereocenters. The second kappa shape index (κ2) is 9.50. The molecule has 2 aromatic carbocycles. The first-order chi connectivity index (χ1) is 16.1. The first-order valence-corrected chi connectivity index (χ1v) is 13.1. The Morgan fingerprint density at radius 2 is 1.91 bits per heavy atom. The number of carbonyl (C=O) groups excluding carboxylic acids is 1. The van der Waals surface area contributed by atoms with E-state index in [1.165, 1.54) is 13.2 Å². The monoisotopic (exact) mass is 519 g/mol. The average molecular weight is 520 g/mol. The third-order valence-electron chi connectivity index (χ3n) is 5.83. The van der Waals surface area contributed by atoms with Crippen LogP contribution in [-0.4, -0.2) is 38.1 Å². The number of rotatable bonds is 9. The van der Waals surface area contributed by atoms with Crippen LogP contribution in [0.4, 0.5) is 0 Å². The van der Waals surface area contributed by atoms with Crippen LogP contribution < -0.4 is 4.72 Å². The number of hydrogen-bond acceptors (Lipinski definition) is 6. The van der Waals surface area contributed by atoms with Gasteiger partial charge in [0.15, 0.2) is 0 Å². The largest absolute Gasteiger partial charge is 0.480 e. The van der Waals surface area contributed by atoms with Crippen LogP contribution >= 0.6 is 22.9 Å². The zero-order valence-electron chi connectivity index (χ0n) is 18.2. The van der Waals surface area contributed by atoms with E-state index < -0.39 is 27.4 Å².